The lowest BCUT2D eigenvalue weighted by atomic mass is 10.3. The predicted molar refractivity (Wildman–Crippen MR) is 28.7 cm³/mol. The molecular formula is C6H9FO2. The fraction of sp³-hybridized carbons (Fsp3) is 1.00. The molecule has 3 heteroatoms. The zero-order valence-corrected chi connectivity index (χ0v) is 5.01. The van der Waals surface area contributed by atoms with Gasteiger partial charge < -0.3 is 9.84 Å². The van der Waals surface area contributed by atoms with Crippen molar-refractivity contribution in [3.05, 3.63) is 0 Å². The third-order valence-electron chi connectivity index (χ3n) is 2.45. The number of halogens is 1. The number of ether oxygens (including phenoxy) is 1. The lowest BCUT2D eigenvalue weighted by Crippen LogP contribution is -2.18. The predicted octanol–water partition coefficient (Wildman–Crippen LogP) is -0.0368. The van der Waals surface area contributed by atoms with E-state index in [0.29, 0.717) is 13.2 Å². The summed E-state index contributed by atoms with van der Waals surface area (Å²) < 4.78 is 18.0. The van der Waals surface area contributed by atoms with Crippen LogP contribution in [0.25, 0.3) is 0 Å². The van der Waals surface area contributed by atoms with Gasteiger partial charge in [0.1, 0.15) is 5.67 Å². The third-order valence-corrected chi connectivity index (χ3v) is 2.45. The van der Waals surface area contributed by atoms with Crippen LogP contribution in [-0.4, -0.2) is 30.6 Å². The maximum Gasteiger partial charge on any atom is 0.144 e. The molecule has 0 aromatic rings. The molecule has 0 spiro atoms. The van der Waals surface area contributed by atoms with Crippen LogP contribution in [-0.2, 0) is 4.74 Å². The van der Waals surface area contributed by atoms with Gasteiger partial charge in [-0.2, -0.15) is 0 Å². The molecule has 2 unspecified atom stereocenters. The molecule has 0 bridgehead atoms. The van der Waals surface area contributed by atoms with Gasteiger partial charge in [-0.25, -0.2) is 4.39 Å². The van der Waals surface area contributed by atoms with Crippen LogP contribution < -0.4 is 0 Å². The zero-order chi connectivity index (χ0) is 6.48. The van der Waals surface area contributed by atoms with Crippen LogP contribution in [0.15, 0.2) is 0 Å². The Morgan fingerprint density at radius 2 is 2.11 bits per heavy atom. The first-order valence-corrected chi connectivity index (χ1v) is 3.16. The van der Waals surface area contributed by atoms with Gasteiger partial charge in [0, 0.05) is 11.8 Å². The van der Waals surface area contributed by atoms with Crippen molar-refractivity contribution in [2.45, 2.75) is 5.67 Å². The maximum atomic E-state index is 13.0. The molecule has 52 valence electrons. The molecule has 1 saturated heterocycles. The highest BCUT2D eigenvalue weighted by atomic mass is 19.1. The largest absolute Gasteiger partial charge is 0.393 e. The molecule has 9 heavy (non-hydrogen) atoms. The van der Waals surface area contributed by atoms with Crippen LogP contribution in [0.5, 0.6) is 0 Å². The summed E-state index contributed by atoms with van der Waals surface area (Å²) in [5.74, 6) is 0.00463. The molecule has 0 radical (unpaired) electrons. The van der Waals surface area contributed by atoms with Crippen molar-refractivity contribution in [2.75, 3.05) is 19.8 Å². The van der Waals surface area contributed by atoms with E-state index >= 15 is 0 Å². The van der Waals surface area contributed by atoms with Gasteiger partial charge in [-0.1, -0.05) is 0 Å². The fourth-order valence-electron chi connectivity index (χ4n) is 1.63. The minimum atomic E-state index is -1.27. The second-order valence-electron chi connectivity index (χ2n) is 2.84. The summed E-state index contributed by atoms with van der Waals surface area (Å²) in [5.41, 5.74) is -1.27. The number of hydrogen-bond donors (Lipinski definition) is 1. The second-order valence-corrected chi connectivity index (χ2v) is 2.84. The minimum Gasteiger partial charge on any atom is -0.393 e. The van der Waals surface area contributed by atoms with E-state index in [2.05, 4.69) is 0 Å². The monoisotopic (exact) mass is 132 g/mol. The van der Waals surface area contributed by atoms with Crippen molar-refractivity contribution in [1.29, 1.82) is 0 Å². The lowest BCUT2D eigenvalue weighted by Gasteiger charge is -2.06. The highest BCUT2D eigenvalue weighted by Gasteiger charge is 2.68. The van der Waals surface area contributed by atoms with E-state index < -0.39 is 5.67 Å². The van der Waals surface area contributed by atoms with Crippen LogP contribution in [0.2, 0.25) is 0 Å². The summed E-state index contributed by atoms with van der Waals surface area (Å²) >= 11 is 0. The Bertz CT molecular complexity index is 127. The average Bonchev–Trinajstić information content (AvgIpc) is 2.39. The Morgan fingerprint density at radius 1 is 1.56 bits per heavy atom. The molecular weight excluding hydrogens is 123 g/mol. The van der Waals surface area contributed by atoms with Crippen LogP contribution in [0.4, 0.5) is 4.39 Å². The average molecular weight is 132 g/mol. The number of aliphatic hydroxyl groups is 1. The number of alkyl halides is 1. The summed E-state index contributed by atoms with van der Waals surface area (Å²) in [6, 6.07) is 0. The van der Waals surface area contributed by atoms with Crippen LogP contribution in [0.1, 0.15) is 0 Å². The molecule has 2 nitrogen and oxygen atoms in total. The zero-order valence-electron chi connectivity index (χ0n) is 5.01. The summed E-state index contributed by atoms with van der Waals surface area (Å²) in [6.45, 7) is 0.676. The van der Waals surface area contributed by atoms with Gasteiger partial charge in [-0.3, -0.25) is 0 Å². The standard InChI is InChI=1S/C6H9FO2/c7-6(3-8)4-1-9-2-5(4)6/h4-5,8H,1-3H2. The lowest BCUT2D eigenvalue weighted by molar-refractivity contribution is 0.0618. The summed E-state index contributed by atoms with van der Waals surface area (Å²) in [6.07, 6.45) is 0. The first-order valence-electron chi connectivity index (χ1n) is 3.16. The molecule has 2 rings (SSSR count). The van der Waals surface area contributed by atoms with E-state index in [1.807, 2.05) is 0 Å². The van der Waals surface area contributed by atoms with Gasteiger partial charge in [0.25, 0.3) is 0 Å². The Balaban J connectivity index is 2.07. The van der Waals surface area contributed by atoms with Crippen LogP contribution in [0.3, 0.4) is 0 Å². The molecule has 1 aliphatic heterocycles. The quantitative estimate of drug-likeness (QED) is 0.542. The molecule has 2 atom stereocenters. The van der Waals surface area contributed by atoms with Crippen molar-refractivity contribution in [3.8, 4) is 0 Å². The van der Waals surface area contributed by atoms with Gasteiger partial charge in [0.05, 0.1) is 19.8 Å². The summed E-state index contributed by atoms with van der Waals surface area (Å²) in [5, 5.41) is 8.54. The van der Waals surface area contributed by atoms with Crippen molar-refractivity contribution in [2.24, 2.45) is 11.8 Å². The minimum absolute atomic E-state index is 0.00231. The summed E-state index contributed by atoms with van der Waals surface area (Å²) in [7, 11) is 0. The molecule has 2 fully saturated rings. The SMILES string of the molecule is OCC1(F)C2COCC21. The fourth-order valence-corrected chi connectivity index (χ4v) is 1.63. The topological polar surface area (TPSA) is 29.5 Å². The number of rotatable bonds is 1. The van der Waals surface area contributed by atoms with Crippen molar-refractivity contribution in [3.63, 3.8) is 0 Å². The van der Waals surface area contributed by atoms with Gasteiger partial charge in [-0.05, 0) is 0 Å². The number of hydrogen-bond acceptors (Lipinski definition) is 2. The second kappa shape index (κ2) is 1.47. The Morgan fingerprint density at radius 3 is 2.44 bits per heavy atom. The van der Waals surface area contributed by atoms with Gasteiger partial charge in [-0.15, -0.1) is 0 Å². The highest BCUT2D eigenvalue weighted by molar-refractivity contribution is 5.14. The van der Waals surface area contributed by atoms with E-state index in [1.54, 1.807) is 0 Å². The molecule has 1 heterocycles. The summed E-state index contributed by atoms with van der Waals surface area (Å²) in [4.78, 5) is 0. The molecule has 0 aromatic carbocycles. The van der Waals surface area contributed by atoms with Gasteiger partial charge in [0.15, 0.2) is 0 Å². The molecule has 1 saturated carbocycles. The first-order chi connectivity index (χ1) is 4.29. The van der Waals surface area contributed by atoms with E-state index in [-0.39, 0.29) is 18.4 Å². The maximum absolute atomic E-state index is 13.0. The molecule has 2 aliphatic rings. The first kappa shape index (κ1) is 5.62. The Kier molecular flexibility index (Phi) is 0.916. The third kappa shape index (κ3) is 0.515. The van der Waals surface area contributed by atoms with E-state index in [9.17, 15) is 4.39 Å². The van der Waals surface area contributed by atoms with Crippen molar-refractivity contribution < 1.29 is 14.2 Å². The van der Waals surface area contributed by atoms with Gasteiger partial charge >= 0.3 is 0 Å². The molecule has 0 aromatic heterocycles. The van der Waals surface area contributed by atoms with E-state index in [1.165, 1.54) is 0 Å². The van der Waals surface area contributed by atoms with Crippen molar-refractivity contribution >= 4 is 0 Å². The molecule has 1 aliphatic carbocycles. The van der Waals surface area contributed by atoms with Gasteiger partial charge in [0.2, 0.25) is 0 Å². The normalized spacial score (nSPS) is 55.3. The van der Waals surface area contributed by atoms with E-state index in [4.69, 9.17) is 9.84 Å². The highest BCUT2D eigenvalue weighted by Crippen LogP contribution is 2.56. The van der Waals surface area contributed by atoms with Crippen molar-refractivity contribution in [1.82, 2.24) is 0 Å². The van der Waals surface area contributed by atoms with Crippen LogP contribution in [0, 0.1) is 11.8 Å². The number of aliphatic hydroxyl groups excluding tert-OH is 1. The van der Waals surface area contributed by atoms with Crippen LogP contribution >= 0.6 is 0 Å². The van der Waals surface area contributed by atoms with E-state index in [0.717, 1.165) is 0 Å². The Hall–Kier alpha value is -0.150. The molecule has 1 N–H and O–H groups in total. The Labute approximate surface area is 52.6 Å². The smallest absolute Gasteiger partial charge is 0.144 e. The molecule has 0 amide bonds. The number of fused-ring (bicyclic) bond motifs is 1.